The van der Waals surface area contributed by atoms with Crippen LogP contribution in [0.3, 0.4) is 0 Å². The van der Waals surface area contributed by atoms with E-state index in [4.69, 9.17) is 9.47 Å². The van der Waals surface area contributed by atoms with Gasteiger partial charge in [-0.25, -0.2) is 13.8 Å². The summed E-state index contributed by atoms with van der Waals surface area (Å²) < 4.78 is 37.9. The molecule has 0 aliphatic heterocycles. The Morgan fingerprint density at radius 1 is 0.938 bits per heavy atom. The van der Waals surface area contributed by atoms with Gasteiger partial charge in [-0.1, -0.05) is 17.7 Å². The standard InChI is InChI=1S/C23H23N3O5S/c1-16-4-11-21(12-5-16)32(28,29)26-19-8-6-17(7-9-19)23(27)25-24-15-18-14-20(30-2)10-13-22(18)31-3/h4-15,26H,1-3H3,(H,25,27)/b24-15+. The third-order valence-electron chi connectivity index (χ3n) is 4.54. The van der Waals surface area contributed by atoms with Gasteiger partial charge in [0, 0.05) is 16.8 Å². The second kappa shape index (κ2) is 9.97. The molecule has 0 unspecified atom stereocenters. The highest BCUT2D eigenvalue weighted by Crippen LogP contribution is 2.22. The van der Waals surface area contributed by atoms with Crippen molar-refractivity contribution in [3.63, 3.8) is 0 Å². The number of hydrogen-bond donors (Lipinski definition) is 2. The summed E-state index contributed by atoms with van der Waals surface area (Å²) in [5.41, 5.74) is 4.68. The van der Waals surface area contributed by atoms with E-state index in [9.17, 15) is 13.2 Å². The summed E-state index contributed by atoms with van der Waals surface area (Å²) in [6.45, 7) is 1.88. The summed E-state index contributed by atoms with van der Waals surface area (Å²) >= 11 is 0. The van der Waals surface area contributed by atoms with E-state index >= 15 is 0 Å². The van der Waals surface area contributed by atoms with E-state index in [0.29, 0.717) is 28.3 Å². The van der Waals surface area contributed by atoms with Crippen molar-refractivity contribution in [2.24, 2.45) is 5.10 Å². The Morgan fingerprint density at radius 3 is 2.25 bits per heavy atom. The van der Waals surface area contributed by atoms with Gasteiger partial charge in [0.25, 0.3) is 15.9 Å². The zero-order valence-corrected chi connectivity index (χ0v) is 18.6. The molecule has 3 aromatic rings. The molecule has 0 aliphatic rings. The number of carbonyl (C=O) groups excluding carboxylic acids is 1. The average Bonchev–Trinajstić information content (AvgIpc) is 2.79. The van der Waals surface area contributed by atoms with Crippen LogP contribution in [0.15, 0.2) is 76.7 Å². The van der Waals surface area contributed by atoms with Crippen LogP contribution in [0.5, 0.6) is 11.5 Å². The highest BCUT2D eigenvalue weighted by molar-refractivity contribution is 7.92. The van der Waals surface area contributed by atoms with E-state index in [1.807, 2.05) is 6.92 Å². The fourth-order valence-corrected chi connectivity index (χ4v) is 3.85. The molecule has 0 radical (unpaired) electrons. The summed E-state index contributed by atoms with van der Waals surface area (Å²) in [4.78, 5) is 12.5. The molecule has 0 aliphatic carbocycles. The number of hydrogen-bond acceptors (Lipinski definition) is 6. The molecule has 0 heterocycles. The number of carbonyl (C=O) groups is 1. The highest BCUT2D eigenvalue weighted by atomic mass is 32.2. The first-order valence-electron chi connectivity index (χ1n) is 9.57. The van der Waals surface area contributed by atoms with Crippen molar-refractivity contribution in [3.05, 3.63) is 83.4 Å². The SMILES string of the molecule is COc1ccc(OC)c(/C=N/NC(=O)c2ccc(NS(=O)(=O)c3ccc(C)cc3)cc2)c1. The lowest BCUT2D eigenvalue weighted by Crippen LogP contribution is -2.18. The number of sulfonamides is 1. The number of benzene rings is 3. The first-order valence-corrected chi connectivity index (χ1v) is 11.1. The van der Waals surface area contributed by atoms with Gasteiger partial charge in [-0.2, -0.15) is 5.10 Å². The largest absolute Gasteiger partial charge is 0.497 e. The molecule has 0 saturated carbocycles. The Balaban J connectivity index is 1.65. The van der Waals surface area contributed by atoms with Gasteiger partial charge in [0.2, 0.25) is 0 Å². The summed E-state index contributed by atoms with van der Waals surface area (Å²) in [5.74, 6) is 0.757. The predicted molar refractivity (Wildman–Crippen MR) is 123 cm³/mol. The lowest BCUT2D eigenvalue weighted by molar-refractivity contribution is 0.0955. The maximum Gasteiger partial charge on any atom is 0.271 e. The Hall–Kier alpha value is -3.85. The van der Waals surface area contributed by atoms with Crippen LogP contribution in [0.2, 0.25) is 0 Å². The van der Waals surface area contributed by atoms with Gasteiger partial charge in [0.15, 0.2) is 0 Å². The molecule has 32 heavy (non-hydrogen) atoms. The van der Waals surface area contributed by atoms with Crippen LogP contribution in [0.4, 0.5) is 5.69 Å². The molecular formula is C23H23N3O5S. The zero-order valence-electron chi connectivity index (χ0n) is 17.8. The van der Waals surface area contributed by atoms with E-state index < -0.39 is 15.9 Å². The Morgan fingerprint density at radius 2 is 1.62 bits per heavy atom. The third kappa shape index (κ3) is 5.64. The van der Waals surface area contributed by atoms with E-state index in [1.165, 1.54) is 49.7 Å². The van der Waals surface area contributed by atoms with Crippen molar-refractivity contribution in [1.82, 2.24) is 5.43 Å². The van der Waals surface area contributed by atoms with E-state index in [1.54, 1.807) is 37.4 Å². The topological polar surface area (TPSA) is 106 Å². The fraction of sp³-hybridized carbons (Fsp3) is 0.130. The number of aryl methyl sites for hydroxylation is 1. The van der Waals surface area contributed by atoms with Gasteiger partial charge in [0.1, 0.15) is 11.5 Å². The van der Waals surface area contributed by atoms with Gasteiger partial charge < -0.3 is 9.47 Å². The van der Waals surface area contributed by atoms with Crippen LogP contribution >= 0.6 is 0 Å². The molecule has 0 atom stereocenters. The normalized spacial score (nSPS) is 11.2. The lowest BCUT2D eigenvalue weighted by atomic mass is 10.2. The Kier molecular flexibility index (Phi) is 7.11. The average molecular weight is 454 g/mol. The Bertz CT molecular complexity index is 1220. The molecular weight excluding hydrogens is 430 g/mol. The number of hydrazone groups is 1. The van der Waals surface area contributed by atoms with E-state index in [2.05, 4.69) is 15.2 Å². The molecule has 0 spiro atoms. The quantitative estimate of drug-likeness (QED) is 0.401. The highest BCUT2D eigenvalue weighted by Gasteiger charge is 2.14. The zero-order chi connectivity index (χ0) is 23.1. The van der Waals surface area contributed by atoms with Crippen LogP contribution in [0.25, 0.3) is 0 Å². The second-order valence-corrected chi connectivity index (χ2v) is 8.49. The monoisotopic (exact) mass is 453 g/mol. The van der Waals surface area contributed by atoms with Crippen molar-refractivity contribution in [1.29, 1.82) is 0 Å². The molecule has 2 N–H and O–H groups in total. The number of rotatable bonds is 8. The van der Waals surface area contributed by atoms with Gasteiger partial charge >= 0.3 is 0 Å². The molecule has 0 saturated heterocycles. The number of amides is 1. The van der Waals surface area contributed by atoms with Crippen molar-refractivity contribution in [2.75, 3.05) is 18.9 Å². The minimum atomic E-state index is -3.72. The summed E-state index contributed by atoms with van der Waals surface area (Å²) in [7, 11) is -0.632. The van der Waals surface area contributed by atoms with E-state index in [0.717, 1.165) is 5.56 Å². The molecule has 0 aromatic heterocycles. The fourth-order valence-electron chi connectivity index (χ4n) is 2.79. The molecule has 166 valence electrons. The Labute approximate surface area is 186 Å². The van der Waals surface area contributed by atoms with Crippen molar-refractivity contribution < 1.29 is 22.7 Å². The number of nitrogens with one attached hydrogen (secondary N) is 2. The number of ether oxygens (including phenoxy) is 2. The van der Waals surface area contributed by atoms with Crippen LogP contribution in [-0.4, -0.2) is 34.8 Å². The molecule has 9 heteroatoms. The van der Waals surface area contributed by atoms with Crippen LogP contribution in [0.1, 0.15) is 21.5 Å². The molecule has 8 nitrogen and oxygen atoms in total. The van der Waals surface area contributed by atoms with Gasteiger partial charge in [-0.3, -0.25) is 9.52 Å². The van der Waals surface area contributed by atoms with Crippen molar-refractivity contribution in [3.8, 4) is 11.5 Å². The first-order chi connectivity index (χ1) is 15.3. The minimum absolute atomic E-state index is 0.159. The molecule has 0 bridgehead atoms. The summed E-state index contributed by atoms with van der Waals surface area (Å²) in [6, 6.07) is 17.8. The van der Waals surface area contributed by atoms with Crippen LogP contribution < -0.4 is 19.6 Å². The predicted octanol–water partition coefficient (Wildman–Crippen LogP) is 3.58. The smallest absolute Gasteiger partial charge is 0.271 e. The number of nitrogens with zero attached hydrogens (tertiary/aromatic N) is 1. The maximum atomic E-state index is 12.5. The number of anilines is 1. The van der Waals surface area contributed by atoms with Crippen molar-refractivity contribution >= 4 is 27.8 Å². The van der Waals surface area contributed by atoms with Crippen molar-refractivity contribution in [2.45, 2.75) is 11.8 Å². The summed E-state index contributed by atoms with van der Waals surface area (Å²) in [5, 5.41) is 3.96. The van der Waals surface area contributed by atoms with Gasteiger partial charge in [-0.05, 0) is 61.5 Å². The minimum Gasteiger partial charge on any atom is -0.497 e. The molecule has 1 amide bonds. The maximum absolute atomic E-state index is 12.5. The van der Waals surface area contributed by atoms with E-state index in [-0.39, 0.29) is 4.90 Å². The first kappa shape index (κ1) is 22.8. The van der Waals surface area contributed by atoms with Gasteiger partial charge in [0.05, 0.1) is 25.3 Å². The number of methoxy groups -OCH3 is 2. The van der Waals surface area contributed by atoms with Gasteiger partial charge in [-0.15, -0.1) is 0 Å². The molecule has 3 aromatic carbocycles. The lowest BCUT2D eigenvalue weighted by Gasteiger charge is -2.09. The summed E-state index contributed by atoms with van der Waals surface area (Å²) in [6.07, 6.45) is 1.45. The second-order valence-electron chi connectivity index (χ2n) is 6.80. The molecule has 0 fully saturated rings. The van der Waals surface area contributed by atoms with Crippen LogP contribution in [0, 0.1) is 6.92 Å². The van der Waals surface area contributed by atoms with Crippen LogP contribution in [-0.2, 0) is 10.0 Å². The molecule has 3 rings (SSSR count). The third-order valence-corrected chi connectivity index (χ3v) is 5.93.